The number of ether oxygens (including phenoxy) is 2. The summed E-state index contributed by atoms with van der Waals surface area (Å²) in [6.45, 7) is 7.63. The fourth-order valence-corrected chi connectivity index (χ4v) is 3.54. The van der Waals surface area contributed by atoms with Gasteiger partial charge in [0.05, 0.1) is 32.0 Å². The second-order valence-electron chi connectivity index (χ2n) is 8.67. The van der Waals surface area contributed by atoms with Crippen LogP contribution in [-0.4, -0.2) is 66.2 Å². The van der Waals surface area contributed by atoms with Gasteiger partial charge >= 0.3 is 7.32 Å². The molecule has 0 amide bonds. The van der Waals surface area contributed by atoms with E-state index in [4.69, 9.17) is 18.8 Å². The van der Waals surface area contributed by atoms with Crippen molar-refractivity contribution in [1.29, 1.82) is 0 Å². The minimum atomic E-state index is -1.48. The maximum absolute atomic E-state index is 10.1. The second-order valence-corrected chi connectivity index (χ2v) is 8.67. The van der Waals surface area contributed by atoms with Gasteiger partial charge in [0, 0.05) is 36.9 Å². The van der Waals surface area contributed by atoms with E-state index in [9.17, 15) is 15.2 Å². The number of hydrogen-bond acceptors (Lipinski definition) is 8. The fraction of sp³-hybridized carbons (Fsp3) is 0.542. The molecule has 2 atom stereocenters. The Morgan fingerprint density at radius 3 is 2.52 bits per heavy atom. The van der Waals surface area contributed by atoms with Gasteiger partial charge in [-0.25, -0.2) is 0 Å². The highest BCUT2D eigenvalue weighted by Crippen LogP contribution is 2.33. The first-order chi connectivity index (χ1) is 15.7. The van der Waals surface area contributed by atoms with E-state index in [-0.39, 0.29) is 13.2 Å². The third-order valence-electron chi connectivity index (χ3n) is 5.06. The van der Waals surface area contributed by atoms with Crippen molar-refractivity contribution in [2.24, 2.45) is 0 Å². The second kappa shape index (κ2) is 12.9. The highest BCUT2D eigenvalue weighted by molar-refractivity contribution is 6.34. The molecule has 0 aliphatic heterocycles. The van der Waals surface area contributed by atoms with Crippen LogP contribution in [0, 0.1) is 0 Å². The molecule has 0 saturated carbocycles. The van der Waals surface area contributed by atoms with E-state index < -0.39 is 24.9 Å². The molecular weight excluding hydrogens is 425 g/mol. The number of pyridine rings is 1. The molecule has 0 unspecified atom stereocenters. The lowest BCUT2D eigenvalue weighted by Gasteiger charge is -2.28. The molecule has 1 heterocycles. The number of nitrogens with zero attached hydrogens (tertiary/aromatic N) is 1. The Balaban J connectivity index is 2.12. The Labute approximate surface area is 196 Å². The van der Waals surface area contributed by atoms with E-state index in [0.717, 1.165) is 23.1 Å². The highest BCUT2D eigenvalue weighted by Gasteiger charge is 2.30. The Morgan fingerprint density at radius 1 is 1.12 bits per heavy atom. The number of hydrogen-bond donors (Lipinski definition) is 3. The highest BCUT2D eigenvalue weighted by atomic mass is 16.7. The SMILES string of the molecule is CCCOc1cc(-c2cncc([C@H](CO)COB(O)OC(C)(C)C[C@H](C)O)c2)ccc1OC. The van der Waals surface area contributed by atoms with E-state index >= 15 is 0 Å². The summed E-state index contributed by atoms with van der Waals surface area (Å²) in [5.41, 5.74) is 1.74. The van der Waals surface area contributed by atoms with Crippen LogP contribution in [0.4, 0.5) is 0 Å². The fourth-order valence-electron chi connectivity index (χ4n) is 3.54. The first-order valence-corrected chi connectivity index (χ1v) is 11.2. The van der Waals surface area contributed by atoms with Crippen molar-refractivity contribution in [3.05, 3.63) is 42.2 Å². The summed E-state index contributed by atoms with van der Waals surface area (Å²) in [6, 6.07) is 7.60. The predicted octanol–water partition coefficient (Wildman–Crippen LogP) is 3.18. The van der Waals surface area contributed by atoms with Crippen LogP contribution in [0.5, 0.6) is 11.5 Å². The first-order valence-electron chi connectivity index (χ1n) is 11.2. The van der Waals surface area contributed by atoms with Crippen LogP contribution >= 0.6 is 0 Å². The van der Waals surface area contributed by atoms with Gasteiger partial charge in [0.1, 0.15) is 0 Å². The lowest BCUT2D eigenvalue weighted by Crippen LogP contribution is -2.38. The molecule has 0 fully saturated rings. The molecule has 0 aliphatic rings. The van der Waals surface area contributed by atoms with Crippen molar-refractivity contribution in [3.63, 3.8) is 0 Å². The minimum absolute atomic E-state index is 0.0288. The van der Waals surface area contributed by atoms with Gasteiger partial charge in [-0.05, 0) is 56.5 Å². The number of aliphatic hydroxyl groups is 2. The molecule has 182 valence electrons. The van der Waals surface area contributed by atoms with E-state index in [1.54, 1.807) is 40.3 Å². The van der Waals surface area contributed by atoms with Crippen molar-refractivity contribution in [2.45, 2.75) is 58.2 Å². The van der Waals surface area contributed by atoms with E-state index in [1.807, 2.05) is 31.2 Å². The number of rotatable bonds is 14. The monoisotopic (exact) mass is 461 g/mol. The summed E-state index contributed by atoms with van der Waals surface area (Å²) in [5.74, 6) is 0.902. The zero-order chi connectivity index (χ0) is 24.4. The molecule has 0 saturated heterocycles. The maximum atomic E-state index is 10.1. The van der Waals surface area contributed by atoms with Crippen LogP contribution in [0.25, 0.3) is 11.1 Å². The van der Waals surface area contributed by atoms with E-state index in [2.05, 4.69) is 4.98 Å². The number of benzene rings is 1. The lowest BCUT2D eigenvalue weighted by atomic mass is 9.97. The summed E-state index contributed by atoms with van der Waals surface area (Å²) in [4.78, 5) is 4.32. The number of methoxy groups -OCH3 is 1. The Kier molecular flexibility index (Phi) is 10.6. The average Bonchev–Trinajstić information content (AvgIpc) is 2.76. The minimum Gasteiger partial charge on any atom is -0.493 e. The van der Waals surface area contributed by atoms with Gasteiger partial charge in [-0.15, -0.1) is 0 Å². The summed E-state index contributed by atoms with van der Waals surface area (Å²) in [7, 11) is 0.120. The van der Waals surface area contributed by atoms with E-state index in [0.29, 0.717) is 24.5 Å². The molecule has 2 rings (SSSR count). The predicted molar refractivity (Wildman–Crippen MR) is 127 cm³/mol. The molecule has 9 heteroatoms. The molecular formula is C24H36BNO7. The third kappa shape index (κ3) is 8.60. The van der Waals surface area contributed by atoms with Crippen LogP contribution < -0.4 is 9.47 Å². The summed E-state index contributed by atoms with van der Waals surface area (Å²) in [5, 5.41) is 29.6. The van der Waals surface area contributed by atoms with Gasteiger partial charge in [-0.1, -0.05) is 13.0 Å². The van der Waals surface area contributed by atoms with Crippen LogP contribution in [0.15, 0.2) is 36.7 Å². The third-order valence-corrected chi connectivity index (χ3v) is 5.06. The molecule has 8 nitrogen and oxygen atoms in total. The lowest BCUT2D eigenvalue weighted by molar-refractivity contribution is -0.00453. The van der Waals surface area contributed by atoms with Gasteiger partial charge in [0.15, 0.2) is 11.5 Å². The summed E-state index contributed by atoms with van der Waals surface area (Å²) in [6.07, 6.45) is 4.05. The zero-order valence-corrected chi connectivity index (χ0v) is 20.2. The smallest absolute Gasteiger partial charge is 0.493 e. The molecule has 0 aliphatic carbocycles. The summed E-state index contributed by atoms with van der Waals surface area (Å²) < 4.78 is 22.1. The molecule has 0 spiro atoms. The van der Waals surface area contributed by atoms with Gasteiger partial charge in [-0.3, -0.25) is 4.98 Å². The van der Waals surface area contributed by atoms with Crippen LogP contribution in [0.1, 0.15) is 52.0 Å². The van der Waals surface area contributed by atoms with Crippen LogP contribution in [-0.2, 0) is 9.31 Å². The zero-order valence-electron chi connectivity index (χ0n) is 20.2. The van der Waals surface area contributed by atoms with Gasteiger partial charge in [0.2, 0.25) is 0 Å². The Hall–Kier alpha value is -2.17. The molecule has 2 aromatic rings. The van der Waals surface area contributed by atoms with Crippen molar-refractivity contribution < 1.29 is 34.0 Å². The van der Waals surface area contributed by atoms with Crippen LogP contribution in [0.3, 0.4) is 0 Å². The Morgan fingerprint density at radius 2 is 1.88 bits per heavy atom. The first kappa shape index (κ1) is 27.1. The summed E-state index contributed by atoms with van der Waals surface area (Å²) >= 11 is 0. The largest absolute Gasteiger partial charge is 0.637 e. The molecule has 1 aromatic carbocycles. The molecule has 1 aromatic heterocycles. The van der Waals surface area contributed by atoms with Gasteiger partial charge in [-0.2, -0.15) is 0 Å². The molecule has 0 radical (unpaired) electrons. The molecule has 33 heavy (non-hydrogen) atoms. The van der Waals surface area contributed by atoms with Gasteiger partial charge in [0.25, 0.3) is 0 Å². The van der Waals surface area contributed by atoms with Crippen molar-refractivity contribution >= 4 is 7.32 Å². The number of aromatic nitrogens is 1. The van der Waals surface area contributed by atoms with Crippen molar-refractivity contribution in [2.75, 3.05) is 26.9 Å². The number of aliphatic hydroxyl groups excluding tert-OH is 2. The van der Waals surface area contributed by atoms with E-state index in [1.165, 1.54) is 0 Å². The normalized spacial score (nSPS) is 13.5. The van der Waals surface area contributed by atoms with Crippen LogP contribution in [0.2, 0.25) is 0 Å². The molecule has 3 N–H and O–H groups in total. The standard InChI is InChI=1S/C24H36BNO7/c1-6-9-31-23-11-18(7-8-22(23)30-5)19-10-20(14-26-13-19)21(15-27)16-32-25(29)33-24(3,4)12-17(2)28/h7-8,10-11,13-14,17,21,27-29H,6,9,12,15-16H2,1-5H3/t17-,21+/m0/s1. The maximum Gasteiger partial charge on any atom is 0.637 e. The topological polar surface area (TPSA) is 111 Å². The molecule has 0 bridgehead atoms. The quantitative estimate of drug-likeness (QED) is 0.368. The van der Waals surface area contributed by atoms with Crippen molar-refractivity contribution in [3.8, 4) is 22.6 Å². The van der Waals surface area contributed by atoms with Crippen molar-refractivity contribution in [1.82, 2.24) is 4.98 Å². The Bertz CT molecular complexity index is 862. The average molecular weight is 461 g/mol. The van der Waals surface area contributed by atoms with Gasteiger partial charge < -0.3 is 34.0 Å².